The first-order valence-electron chi connectivity index (χ1n) is 7.05. The molecule has 0 N–H and O–H groups in total. The molecule has 6 heteroatoms. The maximum Gasteiger partial charge on any atom is 0.128 e. The van der Waals surface area contributed by atoms with Gasteiger partial charge in [0.25, 0.3) is 0 Å². The molecule has 0 saturated carbocycles. The third kappa shape index (κ3) is 2.16. The molecule has 1 aromatic heterocycles. The second-order valence-electron chi connectivity index (χ2n) is 6.62. The minimum atomic E-state index is -0.0349. The molecule has 0 amide bonds. The van der Waals surface area contributed by atoms with E-state index in [1.54, 1.807) is 7.11 Å². The normalized spacial score (nSPS) is 15.4. The highest BCUT2D eigenvalue weighted by molar-refractivity contribution is 6.43. The van der Waals surface area contributed by atoms with Crippen LogP contribution in [0.15, 0.2) is 30.5 Å². The van der Waals surface area contributed by atoms with Crippen molar-refractivity contribution in [2.75, 3.05) is 21.2 Å². The van der Waals surface area contributed by atoms with E-state index >= 15 is 0 Å². The van der Waals surface area contributed by atoms with Gasteiger partial charge in [-0.2, -0.15) is 0 Å². The van der Waals surface area contributed by atoms with E-state index in [1.165, 1.54) is 10.9 Å². The summed E-state index contributed by atoms with van der Waals surface area (Å²) >= 11 is 0. The van der Waals surface area contributed by atoms with E-state index in [0.29, 0.717) is 0 Å². The summed E-state index contributed by atoms with van der Waals surface area (Å²) in [7, 11) is 12.8. The Balaban J connectivity index is 2.58. The molecule has 0 spiro atoms. The number of methoxy groups -OCH3 is 1. The van der Waals surface area contributed by atoms with E-state index in [2.05, 4.69) is 78.4 Å². The fraction of sp³-hybridized carbons (Fsp3) is 0.429. The molecule has 104 valence electrons. The molecule has 20 heavy (non-hydrogen) atoms. The van der Waals surface area contributed by atoms with Crippen LogP contribution in [0, 0.1) is 0 Å². The molecule has 1 heterocycles. The third-order valence-corrected chi connectivity index (χ3v) is 5.11. The van der Waals surface area contributed by atoms with Crippen LogP contribution in [0.5, 0.6) is 5.75 Å². The molecule has 3 nitrogen and oxygen atoms in total. The number of ether oxygens (including phenoxy) is 1. The maximum atomic E-state index is 5.31. The van der Waals surface area contributed by atoms with Gasteiger partial charge >= 0.3 is 0 Å². The standard InChI is InChI=1S/C14H23B3N2O/c1-13(15,18(2)3)14(16,17)19-8-7-10-9-11(20-4)5-6-12(10)19/h5-9H,15-17H2,1-4H3/t13-/m1/s1. The number of fused-ring (bicyclic) bond motifs is 1. The van der Waals surface area contributed by atoms with Crippen molar-refractivity contribution in [1.29, 1.82) is 0 Å². The highest BCUT2D eigenvalue weighted by Gasteiger charge is 2.39. The smallest absolute Gasteiger partial charge is 0.128 e. The zero-order valence-corrected chi connectivity index (χ0v) is 13.7. The summed E-state index contributed by atoms with van der Waals surface area (Å²) in [6, 6.07) is 8.41. The van der Waals surface area contributed by atoms with Gasteiger partial charge in [0.05, 0.1) is 7.11 Å². The van der Waals surface area contributed by atoms with Crippen molar-refractivity contribution < 1.29 is 4.74 Å². The van der Waals surface area contributed by atoms with Gasteiger partial charge in [0.2, 0.25) is 0 Å². The number of likely N-dealkylation sites (N-methyl/N-ethyl adjacent to an activating group) is 1. The fourth-order valence-corrected chi connectivity index (χ4v) is 2.58. The predicted molar refractivity (Wildman–Crippen MR) is 94.2 cm³/mol. The van der Waals surface area contributed by atoms with Crippen LogP contribution in [0.3, 0.4) is 0 Å². The van der Waals surface area contributed by atoms with Crippen LogP contribution in [-0.4, -0.2) is 59.6 Å². The molecule has 2 aromatic rings. The Bertz CT molecular complexity index is 620. The number of rotatable bonds is 4. The molecule has 0 bridgehead atoms. The van der Waals surface area contributed by atoms with Crippen molar-refractivity contribution in [3.63, 3.8) is 0 Å². The van der Waals surface area contributed by atoms with E-state index in [4.69, 9.17) is 4.74 Å². The average Bonchev–Trinajstić information content (AvgIpc) is 2.81. The first-order valence-corrected chi connectivity index (χ1v) is 7.05. The predicted octanol–water partition coefficient (Wildman–Crippen LogP) is -0.563. The van der Waals surface area contributed by atoms with Crippen molar-refractivity contribution in [2.24, 2.45) is 0 Å². The molecule has 0 aliphatic carbocycles. The van der Waals surface area contributed by atoms with E-state index in [1.807, 2.05) is 6.07 Å². The lowest BCUT2D eigenvalue weighted by atomic mass is 9.45. The zero-order chi connectivity index (χ0) is 15.1. The van der Waals surface area contributed by atoms with E-state index in [9.17, 15) is 0 Å². The Morgan fingerprint density at radius 3 is 2.35 bits per heavy atom. The van der Waals surface area contributed by atoms with Gasteiger partial charge in [-0.1, -0.05) is 6.92 Å². The molecule has 0 aliphatic heterocycles. The van der Waals surface area contributed by atoms with Crippen LogP contribution >= 0.6 is 0 Å². The largest absolute Gasteiger partial charge is 0.497 e. The van der Waals surface area contributed by atoms with Crippen molar-refractivity contribution in [1.82, 2.24) is 9.47 Å². The number of hydrogen-bond donors (Lipinski definition) is 0. The van der Waals surface area contributed by atoms with E-state index in [0.717, 1.165) is 5.75 Å². The van der Waals surface area contributed by atoms with Gasteiger partial charge in [-0.15, -0.1) is 0 Å². The van der Waals surface area contributed by atoms with Crippen molar-refractivity contribution in [3.05, 3.63) is 30.5 Å². The Labute approximate surface area is 124 Å². The number of nitrogens with zero attached hydrogens (tertiary/aromatic N) is 2. The molecule has 0 aliphatic rings. The number of benzene rings is 1. The molecule has 1 atom stereocenters. The average molecular weight is 268 g/mol. The SMILES string of the molecule is BC(B)(n1ccc2cc(OC)ccc21)[C@@](B)(C)N(C)C. The molecule has 0 saturated heterocycles. The van der Waals surface area contributed by atoms with Gasteiger partial charge in [0.15, 0.2) is 0 Å². The lowest BCUT2D eigenvalue weighted by Gasteiger charge is -2.48. The Morgan fingerprint density at radius 1 is 1.15 bits per heavy atom. The summed E-state index contributed by atoms with van der Waals surface area (Å²) in [5, 5.41) is 1.18. The molecule has 1 aromatic carbocycles. The van der Waals surface area contributed by atoms with E-state index < -0.39 is 0 Å². The van der Waals surface area contributed by atoms with Crippen molar-refractivity contribution in [3.8, 4) is 5.75 Å². The molecule has 2 rings (SSSR count). The molecule has 0 radical (unpaired) electrons. The van der Waals surface area contributed by atoms with Gasteiger partial charge in [-0.05, 0) is 49.1 Å². The molecular weight excluding hydrogens is 245 g/mol. The van der Waals surface area contributed by atoms with Crippen LogP contribution in [-0.2, 0) is 5.34 Å². The lowest BCUT2D eigenvalue weighted by molar-refractivity contribution is 0.209. The van der Waals surface area contributed by atoms with Gasteiger partial charge < -0.3 is 14.2 Å². The Morgan fingerprint density at radius 2 is 1.80 bits per heavy atom. The first kappa shape index (κ1) is 15.1. The summed E-state index contributed by atoms with van der Waals surface area (Å²) in [5.74, 6) is 0.903. The molecule has 0 unspecified atom stereocenters. The second kappa shape index (κ2) is 4.92. The summed E-state index contributed by atoms with van der Waals surface area (Å²) in [6.07, 6.45) is 2.18. The second-order valence-corrected chi connectivity index (χ2v) is 6.62. The minimum absolute atomic E-state index is 0.0267. The zero-order valence-electron chi connectivity index (χ0n) is 13.7. The summed E-state index contributed by atoms with van der Waals surface area (Å²) in [6.45, 7) is 2.28. The van der Waals surface area contributed by atoms with Crippen molar-refractivity contribution in [2.45, 2.75) is 17.7 Å². The van der Waals surface area contributed by atoms with Crippen LogP contribution in [0.1, 0.15) is 6.92 Å². The van der Waals surface area contributed by atoms with Crippen LogP contribution in [0.4, 0.5) is 0 Å². The van der Waals surface area contributed by atoms with Crippen LogP contribution in [0.2, 0.25) is 0 Å². The fourth-order valence-electron chi connectivity index (χ4n) is 2.58. The topological polar surface area (TPSA) is 17.4 Å². The minimum Gasteiger partial charge on any atom is -0.497 e. The maximum absolute atomic E-state index is 5.31. The van der Waals surface area contributed by atoms with Crippen LogP contribution in [0.25, 0.3) is 10.9 Å². The first-order chi connectivity index (χ1) is 9.21. The highest BCUT2D eigenvalue weighted by atomic mass is 16.5. The Hall–Kier alpha value is -1.29. The number of aromatic nitrogens is 1. The van der Waals surface area contributed by atoms with Gasteiger partial charge in [0, 0.05) is 17.1 Å². The van der Waals surface area contributed by atoms with Gasteiger partial charge in [0.1, 0.15) is 29.3 Å². The quantitative estimate of drug-likeness (QED) is 0.691. The van der Waals surface area contributed by atoms with Crippen molar-refractivity contribution >= 4 is 34.4 Å². The number of hydrogen-bond acceptors (Lipinski definition) is 2. The summed E-state index contributed by atoms with van der Waals surface area (Å²) in [4.78, 5) is 2.28. The van der Waals surface area contributed by atoms with Gasteiger partial charge in [-0.3, -0.25) is 0 Å². The summed E-state index contributed by atoms with van der Waals surface area (Å²) < 4.78 is 7.67. The van der Waals surface area contributed by atoms with Crippen LogP contribution < -0.4 is 4.74 Å². The third-order valence-electron chi connectivity index (χ3n) is 5.11. The monoisotopic (exact) mass is 268 g/mol. The Kier molecular flexibility index (Phi) is 3.72. The molecular formula is C14H23B3N2O. The van der Waals surface area contributed by atoms with Gasteiger partial charge in [-0.25, -0.2) is 0 Å². The highest BCUT2D eigenvalue weighted by Crippen LogP contribution is 2.31. The summed E-state index contributed by atoms with van der Waals surface area (Å²) in [5.41, 5.74) is 1.27. The lowest BCUT2D eigenvalue weighted by Crippen LogP contribution is -2.62. The molecule has 0 fully saturated rings. The van der Waals surface area contributed by atoms with E-state index in [-0.39, 0.29) is 10.8 Å².